The number of rotatable bonds is 6. The number of carbonyl (C=O) groups excluding carboxylic acids is 2. The molecule has 2 aliphatic rings. The lowest BCUT2D eigenvalue weighted by Gasteiger charge is -2.39. The topological polar surface area (TPSA) is 81.4 Å². The number of carbonyl (C=O) groups is 2. The molecule has 8 heteroatoms. The lowest BCUT2D eigenvalue weighted by atomic mass is 9.65. The Hall–Kier alpha value is -1.81. The molecule has 2 amide bonds. The monoisotopic (exact) mass is 622 g/mol. The van der Waals surface area contributed by atoms with Gasteiger partial charge in [0.05, 0.1) is 12.5 Å². The molecule has 184 valence electrons. The first-order valence-corrected chi connectivity index (χ1v) is 13.9. The molecule has 0 aromatic heterocycles. The molecule has 3 atom stereocenters. The van der Waals surface area contributed by atoms with Crippen LogP contribution in [0.4, 0.5) is 0 Å². The fourth-order valence-corrected chi connectivity index (χ4v) is 7.24. The van der Waals surface area contributed by atoms with Gasteiger partial charge < -0.3 is 15.8 Å². The molecule has 1 heterocycles. The van der Waals surface area contributed by atoms with E-state index in [2.05, 4.69) is 27.9 Å². The fourth-order valence-electron chi connectivity index (χ4n) is 4.92. The Morgan fingerprint density at radius 2 is 1.89 bits per heavy atom. The van der Waals surface area contributed by atoms with E-state index in [4.69, 9.17) is 22.1 Å². The van der Waals surface area contributed by atoms with Crippen LogP contribution in [0.2, 0.25) is 5.02 Å². The van der Waals surface area contributed by atoms with Crippen molar-refractivity contribution in [2.45, 2.75) is 37.2 Å². The van der Waals surface area contributed by atoms with Crippen LogP contribution in [0.1, 0.15) is 36.1 Å². The molecule has 1 aliphatic heterocycles. The van der Waals surface area contributed by atoms with Gasteiger partial charge in [0.15, 0.2) is 4.93 Å². The highest BCUT2D eigenvalue weighted by atomic mass is 127. The molecule has 1 fully saturated rings. The maximum absolute atomic E-state index is 13.3. The number of primary amides is 1. The number of nitrogens with two attached hydrogens (primary N) is 1. The number of hydrogen-bond donors (Lipinski definition) is 2. The summed E-state index contributed by atoms with van der Waals surface area (Å²) >= 11 is 9.99. The van der Waals surface area contributed by atoms with Crippen molar-refractivity contribution >= 4 is 57.8 Å². The zero-order valence-electron chi connectivity index (χ0n) is 19.8. The Morgan fingerprint density at radius 3 is 2.46 bits per heavy atom. The molecule has 3 N–H and O–H groups in total. The summed E-state index contributed by atoms with van der Waals surface area (Å²) in [4.78, 5) is 25.8. The average molecular weight is 623 g/mol. The van der Waals surface area contributed by atoms with Gasteiger partial charge in [0, 0.05) is 20.4 Å². The van der Waals surface area contributed by atoms with Crippen molar-refractivity contribution in [1.82, 2.24) is 5.32 Å². The highest BCUT2D eigenvalue weighted by Crippen LogP contribution is 2.50. The molecular formula is C27H28ClIN2O3S. The quantitative estimate of drug-likeness (QED) is 0.425. The third kappa shape index (κ3) is 4.68. The van der Waals surface area contributed by atoms with Gasteiger partial charge in [0.1, 0.15) is 5.41 Å². The summed E-state index contributed by atoms with van der Waals surface area (Å²) in [7, 11) is 0. The van der Waals surface area contributed by atoms with Crippen LogP contribution in [-0.4, -0.2) is 30.2 Å². The van der Waals surface area contributed by atoms with E-state index in [1.165, 1.54) is 0 Å². The molecular weight excluding hydrogens is 595 g/mol. The standard InChI is InChI=1S/C27H28ClIN2O3S/c1-16(2)31-24(32)23-22(29)5-4-12-26(23,25(30)33)21-11-8-19(15-17(21)3)27(34-13-14-35-27)18-6-9-20(28)10-7-18/h4-12,15-16,23H,13-14H2,1-3H3,(H2,30,33)(H,31,32). The molecule has 5 nitrogen and oxygen atoms in total. The zero-order chi connectivity index (χ0) is 25.4. The number of halogens is 2. The molecule has 35 heavy (non-hydrogen) atoms. The summed E-state index contributed by atoms with van der Waals surface area (Å²) < 4.78 is 7.09. The van der Waals surface area contributed by atoms with Crippen molar-refractivity contribution < 1.29 is 14.3 Å². The Bertz CT molecular complexity index is 1210. The second-order valence-electron chi connectivity index (χ2n) is 9.09. The maximum Gasteiger partial charge on any atom is 0.233 e. The lowest BCUT2D eigenvalue weighted by Crippen LogP contribution is -2.53. The minimum absolute atomic E-state index is 0.0672. The fraction of sp³-hybridized carbons (Fsp3) is 0.333. The van der Waals surface area contributed by atoms with Crippen molar-refractivity contribution in [2.24, 2.45) is 11.7 Å². The molecule has 2 aromatic carbocycles. The summed E-state index contributed by atoms with van der Waals surface area (Å²) in [5, 5.41) is 3.64. The predicted molar refractivity (Wildman–Crippen MR) is 151 cm³/mol. The third-order valence-electron chi connectivity index (χ3n) is 6.42. The molecule has 1 aliphatic carbocycles. The number of aryl methyl sites for hydroxylation is 1. The highest BCUT2D eigenvalue weighted by Gasteiger charge is 2.51. The predicted octanol–water partition coefficient (Wildman–Crippen LogP) is 5.37. The van der Waals surface area contributed by atoms with Crippen LogP contribution >= 0.6 is 46.0 Å². The van der Waals surface area contributed by atoms with Crippen LogP contribution in [0, 0.1) is 12.8 Å². The zero-order valence-corrected chi connectivity index (χ0v) is 23.5. The van der Waals surface area contributed by atoms with Crippen molar-refractivity contribution in [3.8, 4) is 0 Å². The van der Waals surface area contributed by atoms with Gasteiger partial charge >= 0.3 is 0 Å². The number of allylic oxidation sites excluding steroid dienone is 2. The average Bonchev–Trinajstić information content (AvgIpc) is 3.29. The first-order valence-electron chi connectivity index (χ1n) is 11.4. The van der Waals surface area contributed by atoms with Crippen molar-refractivity contribution in [3.05, 3.63) is 91.5 Å². The van der Waals surface area contributed by atoms with Gasteiger partial charge in [0.2, 0.25) is 11.8 Å². The Labute approximate surface area is 229 Å². The molecule has 0 saturated carbocycles. The molecule has 0 bridgehead atoms. The molecule has 3 unspecified atom stereocenters. The minimum Gasteiger partial charge on any atom is -0.369 e. The van der Waals surface area contributed by atoms with Crippen LogP contribution in [0.15, 0.2) is 64.3 Å². The summed E-state index contributed by atoms with van der Waals surface area (Å²) in [5.74, 6) is -0.674. The van der Waals surface area contributed by atoms with Gasteiger partial charge in [-0.15, -0.1) is 11.8 Å². The molecule has 0 radical (unpaired) electrons. The second-order valence-corrected chi connectivity index (χ2v) is 12.0. The lowest BCUT2D eigenvalue weighted by molar-refractivity contribution is -0.132. The van der Waals surface area contributed by atoms with Crippen molar-refractivity contribution in [2.75, 3.05) is 12.4 Å². The van der Waals surface area contributed by atoms with E-state index >= 15 is 0 Å². The molecule has 0 spiro atoms. The molecule has 1 saturated heterocycles. The smallest absolute Gasteiger partial charge is 0.233 e. The number of amides is 2. The Morgan fingerprint density at radius 1 is 1.20 bits per heavy atom. The van der Waals surface area contributed by atoms with Crippen LogP contribution in [0.5, 0.6) is 0 Å². The van der Waals surface area contributed by atoms with Crippen LogP contribution in [0.25, 0.3) is 0 Å². The summed E-state index contributed by atoms with van der Waals surface area (Å²) in [6.07, 6.45) is 5.43. The van der Waals surface area contributed by atoms with E-state index in [0.717, 1.165) is 26.0 Å². The number of hydrogen-bond acceptors (Lipinski definition) is 4. The highest BCUT2D eigenvalue weighted by molar-refractivity contribution is 14.1. The summed E-state index contributed by atoms with van der Waals surface area (Å²) in [5.41, 5.74) is 8.32. The number of benzene rings is 2. The second kappa shape index (κ2) is 10.3. The third-order valence-corrected chi connectivity index (χ3v) is 9.02. The Balaban J connectivity index is 1.84. The van der Waals surface area contributed by atoms with E-state index in [0.29, 0.717) is 17.2 Å². The summed E-state index contributed by atoms with van der Waals surface area (Å²) in [6.45, 7) is 6.38. The number of thioether (sulfide) groups is 1. The largest absolute Gasteiger partial charge is 0.369 e. The van der Waals surface area contributed by atoms with E-state index in [-0.39, 0.29) is 11.9 Å². The van der Waals surface area contributed by atoms with Crippen LogP contribution < -0.4 is 11.1 Å². The van der Waals surface area contributed by atoms with Gasteiger partial charge in [-0.1, -0.05) is 60.2 Å². The minimum atomic E-state index is -1.30. The van der Waals surface area contributed by atoms with Gasteiger partial charge in [0.25, 0.3) is 0 Å². The first-order chi connectivity index (χ1) is 16.6. The van der Waals surface area contributed by atoms with Crippen molar-refractivity contribution in [1.29, 1.82) is 0 Å². The van der Waals surface area contributed by atoms with E-state index in [1.54, 1.807) is 17.8 Å². The van der Waals surface area contributed by atoms with E-state index in [9.17, 15) is 9.59 Å². The van der Waals surface area contributed by atoms with Gasteiger partial charge in [-0.3, -0.25) is 9.59 Å². The normalized spacial score (nSPS) is 26.0. The van der Waals surface area contributed by atoms with Gasteiger partial charge in [-0.05, 0) is 77.7 Å². The summed E-state index contributed by atoms with van der Waals surface area (Å²) in [6, 6.07) is 13.6. The number of nitrogens with one attached hydrogen (secondary N) is 1. The van der Waals surface area contributed by atoms with E-state index in [1.807, 2.05) is 75.4 Å². The van der Waals surface area contributed by atoms with Crippen molar-refractivity contribution in [3.63, 3.8) is 0 Å². The van der Waals surface area contributed by atoms with E-state index < -0.39 is 22.2 Å². The van der Waals surface area contributed by atoms with Crippen LogP contribution in [0.3, 0.4) is 0 Å². The Kier molecular flexibility index (Phi) is 7.71. The SMILES string of the molecule is Cc1cc(C2(c3ccc(Cl)cc3)OCCS2)ccc1C1(C(N)=O)C=CC=C(I)C1C(=O)NC(C)C. The number of ether oxygens (including phenoxy) is 1. The first kappa shape index (κ1) is 26.3. The van der Waals surface area contributed by atoms with Gasteiger partial charge in [-0.25, -0.2) is 0 Å². The molecule has 4 rings (SSSR count). The van der Waals surface area contributed by atoms with Crippen LogP contribution in [-0.2, 0) is 24.7 Å². The van der Waals surface area contributed by atoms with Gasteiger partial charge in [-0.2, -0.15) is 0 Å². The maximum atomic E-state index is 13.3. The molecule has 2 aromatic rings.